The zero-order valence-electron chi connectivity index (χ0n) is 18.8. The third-order valence-electron chi connectivity index (χ3n) is 5.42. The first-order valence-electron chi connectivity index (χ1n) is 10.9. The molecule has 0 aliphatic carbocycles. The van der Waals surface area contributed by atoms with E-state index in [4.69, 9.17) is 33.0 Å². The molecule has 3 aromatic carbocycles. The summed E-state index contributed by atoms with van der Waals surface area (Å²) in [7, 11) is 0. The number of carbonyl (C=O) groups excluding carboxylic acids is 1. The maximum absolute atomic E-state index is 12.2. The summed E-state index contributed by atoms with van der Waals surface area (Å²) in [5, 5.41) is 6.09. The Bertz CT molecular complexity index is 1320. The highest BCUT2D eigenvalue weighted by atomic mass is 35.5. The molecular weight excluding hydrogens is 470 g/mol. The number of hydrogen-bond acceptors (Lipinski definition) is 5. The Balaban J connectivity index is 1.44. The second-order valence-corrected chi connectivity index (χ2v) is 8.67. The van der Waals surface area contributed by atoms with Crippen LogP contribution < -0.4 is 15.4 Å². The summed E-state index contributed by atoms with van der Waals surface area (Å²) < 4.78 is 11.4. The fourth-order valence-electron chi connectivity index (χ4n) is 3.35. The molecule has 0 bridgehead atoms. The smallest absolute Gasteiger partial charge is 0.264 e. The zero-order chi connectivity index (χ0) is 24.1. The number of anilines is 1. The minimum atomic E-state index is -0.385. The molecule has 0 unspecified atom stereocenters. The highest BCUT2D eigenvalue weighted by Gasteiger charge is 2.14. The molecule has 0 aliphatic heterocycles. The average Bonchev–Trinajstić information content (AvgIpc) is 3.27. The molecule has 1 amide bonds. The van der Waals surface area contributed by atoms with Gasteiger partial charge in [-0.2, -0.15) is 0 Å². The van der Waals surface area contributed by atoms with Crippen molar-refractivity contribution >= 4 is 51.6 Å². The highest BCUT2D eigenvalue weighted by molar-refractivity contribution is 7.80. The van der Waals surface area contributed by atoms with Gasteiger partial charge in [-0.05, 0) is 72.6 Å². The fraction of sp³-hybridized carbons (Fsp3) is 0.192. The van der Waals surface area contributed by atoms with E-state index in [9.17, 15) is 4.79 Å². The number of carbonyl (C=O) groups is 1. The molecule has 0 saturated carbocycles. The Morgan fingerprint density at radius 1 is 1.15 bits per heavy atom. The van der Waals surface area contributed by atoms with Gasteiger partial charge in [0.2, 0.25) is 5.89 Å². The van der Waals surface area contributed by atoms with Crippen LogP contribution in [0.5, 0.6) is 5.75 Å². The van der Waals surface area contributed by atoms with E-state index in [2.05, 4.69) is 41.6 Å². The molecule has 0 aliphatic rings. The molecule has 34 heavy (non-hydrogen) atoms. The molecule has 2 N–H and O–H groups in total. The van der Waals surface area contributed by atoms with Crippen LogP contribution in [0.3, 0.4) is 0 Å². The number of halogens is 1. The number of para-hydroxylation sites is 1. The number of ether oxygens (including phenoxy) is 1. The lowest BCUT2D eigenvalue weighted by Crippen LogP contribution is -2.37. The Morgan fingerprint density at radius 2 is 1.94 bits per heavy atom. The van der Waals surface area contributed by atoms with E-state index in [1.54, 1.807) is 24.3 Å². The standard InChI is InChI=1S/C26H24ClN3O3S/c1-3-16(2)17-10-12-23-22(13-17)28-25(33-23)18-9-11-20(27)21(14-18)29-26(34)30-24(31)15-32-19-7-5-4-6-8-19/h4-14,16H,3,15H2,1-2H3,(H2,29,30,31,34)/t16-/m0/s1. The van der Waals surface area contributed by atoms with E-state index < -0.39 is 0 Å². The third-order valence-corrected chi connectivity index (χ3v) is 5.95. The van der Waals surface area contributed by atoms with E-state index in [1.807, 2.05) is 30.3 Å². The maximum atomic E-state index is 12.2. The largest absolute Gasteiger partial charge is 0.484 e. The number of nitrogens with zero attached hydrogens (tertiary/aromatic N) is 1. The molecule has 1 heterocycles. The SMILES string of the molecule is CC[C@H](C)c1ccc2oc(-c3ccc(Cl)c(NC(=S)NC(=O)COc4ccccc4)c3)nc2c1. The van der Waals surface area contributed by atoms with Crippen LogP contribution in [0, 0.1) is 0 Å². The lowest BCUT2D eigenvalue weighted by atomic mass is 9.98. The summed E-state index contributed by atoms with van der Waals surface area (Å²) in [4.78, 5) is 16.8. The average molecular weight is 494 g/mol. The van der Waals surface area contributed by atoms with Crippen LogP contribution in [0.4, 0.5) is 5.69 Å². The first-order chi connectivity index (χ1) is 16.4. The van der Waals surface area contributed by atoms with Gasteiger partial charge in [-0.25, -0.2) is 4.98 Å². The van der Waals surface area contributed by atoms with Crippen molar-refractivity contribution in [2.45, 2.75) is 26.2 Å². The van der Waals surface area contributed by atoms with Crippen molar-refractivity contribution in [1.29, 1.82) is 0 Å². The van der Waals surface area contributed by atoms with Gasteiger partial charge in [0, 0.05) is 5.56 Å². The number of rotatable bonds is 7. The van der Waals surface area contributed by atoms with Crippen LogP contribution >= 0.6 is 23.8 Å². The minimum Gasteiger partial charge on any atom is -0.484 e. The lowest BCUT2D eigenvalue weighted by molar-refractivity contribution is -0.121. The molecule has 1 atom stereocenters. The van der Waals surface area contributed by atoms with Gasteiger partial charge in [-0.1, -0.05) is 49.7 Å². The van der Waals surface area contributed by atoms with Crippen molar-refractivity contribution in [3.05, 3.63) is 77.3 Å². The summed E-state index contributed by atoms with van der Waals surface area (Å²) in [6, 6.07) is 20.5. The van der Waals surface area contributed by atoms with Crippen LogP contribution in [0.15, 0.2) is 71.1 Å². The van der Waals surface area contributed by atoms with E-state index in [0.29, 0.717) is 33.9 Å². The van der Waals surface area contributed by atoms with Crippen molar-refractivity contribution in [3.8, 4) is 17.2 Å². The van der Waals surface area contributed by atoms with Gasteiger partial charge >= 0.3 is 0 Å². The number of aromatic nitrogens is 1. The van der Waals surface area contributed by atoms with E-state index in [1.165, 1.54) is 5.56 Å². The van der Waals surface area contributed by atoms with Gasteiger partial charge in [0.25, 0.3) is 5.91 Å². The van der Waals surface area contributed by atoms with Gasteiger partial charge in [0.1, 0.15) is 11.3 Å². The molecule has 0 radical (unpaired) electrons. The van der Waals surface area contributed by atoms with Crippen LogP contribution in [0.1, 0.15) is 31.7 Å². The Morgan fingerprint density at radius 3 is 2.71 bits per heavy atom. The lowest BCUT2D eigenvalue weighted by Gasteiger charge is -2.12. The molecule has 1 aromatic heterocycles. The summed E-state index contributed by atoms with van der Waals surface area (Å²) in [6.07, 6.45) is 1.05. The molecule has 6 nitrogen and oxygen atoms in total. The second kappa shape index (κ2) is 10.7. The second-order valence-electron chi connectivity index (χ2n) is 7.85. The van der Waals surface area contributed by atoms with Crippen molar-refractivity contribution in [2.75, 3.05) is 11.9 Å². The van der Waals surface area contributed by atoms with E-state index >= 15 is 0 Å². The van der Waals surface area contributed by atoms with Crippen LogP contribution in [-0.4, -0.2) is 22.6 Å². The fourth-order valence-corrected chi connectivity index (χ4v) is 3.73. The predicted octanol–water partition coefficient (Wildman–Crippen LogP) is 6.55. The number of nitrogens with one attached hydrogen (secondary N) is 2. The maximum Gasteiger partial charge on any atom is 0.264 e. The third kappa shape index (κ3) is 5.73. The predicted molar refractivity (Wildman–Crippen MR) is 139 cm³/mol. The summed E-state index contributed by atoms with van der Waals surface area (Å²) in [5.41, 5.74) is 4.00. The Kier molecular flexibility index (Phi) is 7.45. The molecule has 4 aromatic rings. The van der Waals surface area contributed by atoms with Crippen molar-refractivity contribution in [3.63, 3.8) is 0 Å². The van der Waals surface area contributed by atoms with Crippen LogP contribution in [-0.2, 0) is 4.79 Å². The molecule has 8 heteroatoms. The molecule has 174 valence electrons. The van der Waals surface area contributed by atoms with Gasteiger partial charge in [-0.15, -0.1) is 0 Å². The number of thiocarbonyl (C=S) groups is 1. The van der Waals surface area contributed by atoms with E-state index in [-0.39, 0.29) is 17.6 Å². The highest BCUT2D eigenvalue weighted by Crippen LogP contribution is 2.31. The number of amides is 1. The Labute approximate surface area is 208 Å². The number of fused-ring (bicyclic) bond motifs is 1. The summed E-state index contributed by atoms with van der Waals surface area (Å²) in [5.74, 6) is 1.14. The molecule has 0 fully saturated rings. The van der Waals surface area contributed by atoms with Crippen molar-refractivity contribution in [1.82, 2.24) is 10.3 Å². The first-order valence-corrected chi connectivity index (χ1v) is 11.7. The molecule has 0 saturated heterocycles. The topological polar surface area (TPSA) is 76.4 Å². The zero-order valence-corrected chi connectivity index (χ0v) is 20.4. The first kappa shape index (κ1) is 23.7. The minimum absolute atomic E-state index is 0.108. The van der Waals surface area contributed by atoms with Gasteiger partial charge in [-0.3, -0.25) is 10.1 Å². The summed E-state index contributed by atoms with van der Waals surface area (Å²) in [6.45, 7) is 4.18. The number of benzene rings is 3. The number of hydrogen-bond donors (Lipinski definition) is 2. The van der Waals surface area contributed by atoms with Crippen LogP contribution in [0.2, 0.25) is 5.02 Å². The van der Waals surface area contributed by atoms with Gasteiger partial charge in [0.15, 0.2) is 17.3 Å². The van der Waals surface area contributed by atoms with Crippen LogP contribution in [0.25, 0.3) is 22.6 Å². The molecule has 4 rings (SSSR count). The van der Waals surface area contributed by atoms with Crippen molar-refractivity contribution < 1.29 is 13.9 Å². The van der Waals surface area contributed by atoms with Gasteiger partial charge < -0.3 is 14.5 Å². The molecule has 0 spiro atoms. The number of oxazole rings is 1. The normalized spacial score (nSPS) is 11.7. The van der Waals surface area contributed by atoms with E-state index in [0.717, 1.165) is 17.5 Å². The quantitative estimate of drug-likeness (QED) is 0.284. The van der Waals surface area contributed by atoms with Gasteiger partial charge in [0.05, 0.1) is 10.7 Å². The van der Waals surface area contributed by atoms with Crippen molar-refractivity contribution in [2.24, 2.45) is 0 Å². The molecular formula is C26H24ClN3O3S. The Hall–Kier alpha value is -3.42. The monoisotopic (exact) mass is 493 g/mol. The summed E-state index contributed by atoms with van der Waals surface area (Å²) >= 11 is 11.6.